The summed E-state index contributed by atoms with van der Waals surface area (Å²) < 4.78 is 7.12. The predicted molar refractivity (Wildman–Crippen MR) is 171 cm³/mol. The maximum Gasteiger partial charge on any atom is 0.190 e. The van der Waals surface area contributed by atoms with Crippen molar-refractivity contribution in [3.63, 3.8) is 0 Å². The van der Waals surface area contributed by atoms with E-state index >= 15 is 0 Å². The zero-order chi connectivity index (χ0) is 32.0. The summed E-state index contributed by atoms with van der Waals surface area (Å²) in [5.41, 5.74) is -2.89. The Morgan fingerprint density at radius 2 is 1.31 bits per heavy atom. The van der Waals surface area contributed by atoms with Gasteiger partial charge in [0.15, 0.2) is 5.78 Å². The number of carbonyl (C=O) groups is 1. The first-order chi connectivity index (χ1) is 21.3. The van der Waals surface area contributed by atoms with E-state index in [1.807, 2.05) is 111 Å². The number of benzene rings is 3. The predicted octanol–water partition coefficient (Wildman–Crippen LogP) is 4.95. The van der Waals surface area contributed by atoms with Gasteiger partial charge in [0.1, 0.15) is 16.8 Å². The van der Waals surface area contributed by atoms with E-state index in [1.54, 1.807) is 19.9 Å². The summed E-state index contributed by atoms with van der Waals surface area (Å²) >= 11 is 0. The zero-order valence-corrected chi connectivity index (χ0v) is 26.2. The van der Waals surface area contributed by atoms with E-state index in [4.69, 9.17) is 4.74 Å². The number of hydrogen-bond donors (Lipinski definition) is 4. The Bertz CT molecular complexity index is 1580. The topological polar surface area (TPSA) is 107 Å². The minimum atomic E-state index is -1.92. The molecule has 45 heavy (non-hydrogen) atoms. The second kappa shape index (κ2) is 10.1. The lowest BCUT2D eigenvalue weighted by atomic mass is 9.59. The van der Waals surface area contributed by atoms with E-state index in [0.717, 1.165) is 16.7 Å². The van der Waals surface area contributed by atoms with Gasteiger partial charge < -0.3 is 25.2 Å². The van der Waals surface area contributed by atoms with Gasteiger partial charge in [0.05, 0.1) is 18.3 Å². The van der Waals surface area contributed by atoms with Crippen LogP contribution in [0, 0.1) is 29.1 Å². The lowest BCUT2D eigenvalue weighted by Gasteiger charge is -2.51. The molecule has 8 unspecified atom stereocenters. The fourth-order valence-corrected chi connectivity index (χ4v) is 9.41. The molecule has 3 aromatic rings. The molecule has 4 N–H and O–H groups in total. The highest BCUT2D eigenvalue weighted by Crippen LogP contribution is 2.75. The Morgan fingerprint density at radius 3 is 1.80 bits per heavy atom. The molecule has 2 fully saturated rings. The lowest BCUT2D eigenvalue weighted by molar-refractivity contribution is -0.209. The molecular weight excluding hydrogens is 564 g/mol. The van der Waals surface area contributed by atoms with Gasteiger partial charge in [-0.15, -0.1) is 0 Å². The molecule has 3 aromatic carbocycles. The second-order valence-corrected chi connectivity index (χ2v) is 14.3. The van der Waals surface area contributed by atoms with Crippen molar-refractivity contribution >= 4 is 5.78 Å². The zero-order valence-electron chi connectivity index (χ0n) is 26.2. The van der Waals surface area contributed by atoms with E-state index in [1.165, 1.54) is 0 Å². The minimum Gasteiger partial charge on any atom is -0.390 e. The van der Waals surface area contributed by atoms with Crippen molar-refractivity contribution in [3.05, 3.63) is 131 Å². The molecule has 6 heteroatoms. The number of carbonyl (C=O) groups excluding carboxylic acids is 1. The first-order valence-corrected chi connectivity index (χ1v) is 15.9. The van der Waals surface area contributed by atoms with Crippen molar-refractivity contribution in [3.8, 4) is 0 Å². The maximum atomic E-state index is 13.7. The van der Waals surface area contributed by atoms with Gasteiger partial charge in [-0.05, 0) is 34.8 Å². The summed E-state index contributed by atoms with van der Waals surface area (Å²) in [6.45, 7) is 7.25. The third kappa shape index (κ3) is 3.90. The highest BCUT2D eigenvalue weighted by molar-refractivity contribution is 6.04. The van der Waals surface area contributed by atoms with Gasteiger partial charge in [0, 0.05) is 35.5 Å². The molecule has 0 radical (unpaired) electrons. The molecule has 0 aliphatic heterocycles. The number of hydrogen-bond acceptors (Lipinski definition) is 6. The van der Waals surface area contributed by atoms with Crippen LogP contribution in [0.4, 0.5) is 0 Å². The summed E-state index contributed by atoms with van der Waals surface area (Å²) in [5.74, 6) is -3.31. The fraction of sp³-hybridized carbons (Fsp3) is 0.410. The number of ether oxygens (including phenoxy) is 1. The van der Waals surface area contributed by atoms with Gasteiger partial charge in [-0.3, -0.25) is 4.79 Å². The number of ketones is 1. The van der Waals surface area contributed by atoms with E-state index in [2.05, 4.69) is 0 Å². The van der Waals surface area contributed by atoms with Crippen molar-refractivity contribution in [1.29, 1.82) is 0 Å². The molecule has 0 heterocycles. The summed E-state index contributed by atoms with van der Waals surface area (Å²) in [6, 6.07) is 30.0. The Hall–Kier alpha value is -3.39. The SMILES string of the molecule is CC1=CC2C(O)(CC(COC(c3ccccc3)(c3ccccc3)c3ccccc3)=CC3C4C(C)(C)C4(O)C(O)C(C)C32O)C1=O. The number of aliphatic hydroxyl groups is 4. The molecule has 6 nitrogen and oxygen atoms in total. The summed E-state index contributed by atoms with van der Waals surface area (Å²) in [5, 5.41) is 48.2. The summed E-state index contributed by atoms with van der Waals surface area (Å²) in [4.78, 5) is 13.7. The standard InChI is InChI=1S/C39H42O6/c1-24-20-31-36(42,33(24)40)22-26(21-30-32-35(3,4)39(32,44)34(41)25(2)37(30,31)43)23-45-38(27-14-8-5-9-15-27,28-16-10-6-11-17-28)29-18-12-7-13-19-29/h5-21,25,30-32,34,41-44H,22-23H2,1-4H3. The van der Waals surface area contributed by atoms with E-state index in [-0.39, 0.29) is 13.0 Å². The van der Waals surface area contributed by atoms with Crippen molar-refractivity contribution in [1.82, 2.24) is 0 Å². The van der Waals surface area contributed by atoms with Crippen LogP contribution >= 0.6 is 0 Å². The molecule has 0 saturated heterocycles. The molecule has 8 atom stereocenters. The molecule has 0 bridgehead atoms. The van der Waals surface area contributed by atoms with Crippen LogP contribution in [0.2, 0.25) is 0 Å². The van der Waals surface area contributed by atoms with E-state index < -0.39 is 63.4 Å². The molecular formula is C39H42O6. The van der Waals surface area contributed by atoms with Crippen molar-refractivity contribution < 1.29 is 30.0 Å². The van der Waals surface area contributed by atoms with Crippen LogP contribution in [-0.4, -0.2) is 55.7 Å². The third-order valence-corrected chi connectivity index (χ3v) is 11.9. The molecule has 7 rings (SSSR count). The molecule has 4 aliphatic carbocycles. The average molecular weight is 607 g/mol. The van der Waals surface area contributed by atoms with Gasteiger partial charge in [-0.2, -0.15) is 0 Å². The maximum absolute atomic E-state index is 13.7. The quantitative estimate of drug-likeness (QED) is 0.234. The van der Waals surface area contributed by atoms with Crippen molar-refractivity contribution in [2.75, 3.05) is 6.61 Å². The number of rotatable bonds is 6. The largest absolute Gasteiger partial charge is 0.390 e. The van der Waals surface area contributed by atoms with Crippen LogP contribution < -0.4 is 0 Å². The monoisotopic (exact) mass is 606 g/mol. The van der Waals surface area contributed by atoms with Crippen molar-refractivity contribution in [2.24, 2.45) is 29.1 Å². The molecule has 4 aliphatic rings. The highest BCUT2D eigenvalue weighted by atomic mass is 16.5. The Balaban J connectivity index is 1.39. The Labute approximate surface area is 264 Å². The number of Topliss-reactive ketones (excluding diaryl/α,β-unsaturated/α-hetero) is 1. The van der Waals surface area contributed by atoms with Crippen LogP contribution in [0.25, 0.3) is 0 Å². The highest BCUT2D eigenvalue weighted by Gasteiger charge is 2.84. The molecule has 2 saturated carbocycles. The van der Waals surface area contributed by atoms with E-state index in [9.17, 15) is 25.2 Å². The fourth-order valence-electron chi connectivity index (χ4n) is 9.41. The summed E-state index contributed by atoms with van der Waals surface area (Å²) in [6.07, 6.45) is 2.36. The first kappa shape index (κ1) is 30.3. The Kier molecular flexibility index (Phi) is 6.76. The van der Waals surface area contributed by atoms with Crippen LogP contribution in [-0.2, 0) is 15.1 Å². The number of fused-ring (bicyclic) bond motifs is 5. The van der Waals surface area contributed by atoms with Gasteiger partial charge in [-0.1, -0.05) is 124 Å². The average Bonchev–Trinajstić information content (AvgIpc) is 3.45. The normalized spacial score (nSPS) is 36.6. The first-order valence-electron chi connectivity index (χ1n) is 15.9. The second-order valence-electron chi connectivity index (χ2n) is 14.3. The van der Waals surface area contributed by atoms with Crippen LogP contribution in [0.3, 0.4) is 0 Å². The van der Waals surface area contributed by atoms with Gasteiger partial charge in [-0.25, -0.2) is 0 Å². The third-order valence-electron chi connectivity index (χ3n) is 11.9. The van der Waals surface area contributed by atoms with Gasteiger partial charge >= 0.3 is 0 Å². The van der Waals surface area contributed by atoms with Gasteiger partial charge in [0.2, 0.25) is 0 Å². The molecule has 0 aromatic heterocycles. The minimum absolute atomic E-state index is 0.0357. The van der Waals surface area contributed by atoms with Crippen molar-refractivity contribution in [2.45, 2.75) is 62.6 Å². The van der Waals surface area contributed by atoms with E-state index in [0.29, 0.717) is 11.1 Å². The van der Waals surface area contributed by atoms with Crippen LogP contribution in [0.5, 0.6) is 0 Å². The summed E-state index contributed by atoms with van der Waals surface area (Å²) in [7, 11) is 0. The molecule has 234 valence electrons. The molecule has 0 spiro atoms. The molecule has 0 amide bonds. The van der Waals surface area contributed by atoms with Crippen LogP contribution in [0.15, 0.2) is 114 Å². The Morgan fingerprint density at radius 1 is 0.822 bits per heavy atom. The smallest absolute Gasteiger partial charge is 0.190 e. The van der Waals surface area contributed by atoms with Crippen LogP contribution in [0.1, 0.15) is 50.8 Å². The van der Waals surface area contributed by atoms with Gasteiger partial charge in [0.25, 0.3) is 0 Å². The number of aliphatic hydroxyl groups excluding tert-OH is 1. The lowest BCUT2D eigenvalue weighted by Crippen LogP contribution is -2.65.